The lowest BCUT2D eigenvalue weighted by Gasteiger charge is -2.06. The highest BCUT2D eigenvalue weighted by atomic mass is 32.2. The van der Waals surface area contributed by atoms with Crippen molar-refractivity contribution in [3.8, 4) is 0 Å². The Balaban J connectivity index is 1.69. The zero-order chi connectivity index (χ0) is 16.4. The minimum atomic E-state index is -3.50. The van der Waals surface area contributed by atoms with E-state index in [4.69, 9.17) is 0 Å². The molecule has 0 saturated heterocycles. The summed E-state index contributed by atoms with van der Waals surface area (Å²) in [5.74, 6) is -0.345. The lowest BCUT2D eigenvalue weighted by Crippen LogP contribution is -2.25. The predicted octanol–water partition coefficient (Wildman–Crippen LogP) is 1.79. The summed E-state index contributed by atoms with van der Waals surface area (Å²) in [5.41, 5.74) is 0.364. The van der Waals surface area contributed by atoms with Crippen molar-refractivity contribution in [2.24, 2.45) is 0 Å². The Bertz CT molecular complexity index is 811. The van der Waals surface area contributed by atoms with Crippen LogP contribution in [0.15, 0.2) is 29.2 Å². The highest BCUT2D eigenvalue weighted by molar-refractivity contribution is 7.89. The molecule has 9 heteroatoms. The van der Waals surface area contributed by atoms with Gasteiger partial charge in [0.1, 0.15) is 5.01 Å². The maximum atomic E-state index is 12.1. The van der Waals surface area contributed by atoms with E-state index in [0.717, 1.165) is 24.3 Å². The van der Waals surface area contributed by atoms with E-state index in [1.54, 1.807) is 0 Å². The molecule has 1 amide bonds. The van der Waals surface area contributed by atoms with Crippen molar-refractivity contribution >= 4 is 32.4 Å². The highest BCUT2D eigenvalue weighted by Crippen LogP contribution is 2.22. The van der Waals surface area contributed by atoms with Gasteiger partial charge in [-0.25, -0.2) is 13.1 Å². The SMILES string of the molecule is CCc1nnc(NC(=O)c2ccc(S(=O)(=O)NC3CC3)cc2)s1. The predicted molar refractivity (Wildman–Crippen MR) is 87.0 cm³/mol. The van der Waals surface area contributed by atoms with Crippen LogP contribution < -0.4 is 10.0 Å². The second kappa shape index (κ2) is 6.34. The van der Waals surface area contributed by atoms with Crippen molar-refractivity contribution in [3.63, 3.8) is 0 Å². The van der Waals surface area contributed by atoms with Crippen molar-refractivity contribution in [1.29, 1.82) is 0 Å². The molecular weight excluding hydrogens is 336 g/mol. The minimum absolute atomic E-state index is 0.0492. The van der Waals surface area contributed by atoms with Crippen LogP contribution >= 0.6 is 11.3 Å². The fraction of sp³-hybridized carbons (Fsp3) is 0.357. The number of carbonyl (C=O) groups excluding carboxylic acids is 1. The molecule has 1 aromatic carbocycles. The van der Waals surface area contributed by atoms with Gasteiger partial charge in [0.25, 0.3) is 5.91 Å². The maximum absolute atomic E-state index is 12.1. The second-order valence-electron chi connectivity index (χ2n) is 5.23. The molecule has 122 valence electrons. The first-order chi connectivity index (χ1) is 11.0. The molecule has 23 heavy (non-hydrogen) atoms. The van der Waals surface area contributed by atoms with Gasteiger partial charge in [-0.05, 0) is 43.5 Å². The number of aryl methyl sites for hydroxylation is 1. The number of nitrogens with one attached hydrogen (secondary N) is 2. The Labute approximate surface area is 138 Å². The van der Waals surface area contributed by atoms with E-state index in [9.17, 15) is 13.2 Å². The van der Waals surface area contributed by atoms with Crippen LogP contribution in [0.5, 0.6) is 0 Å². The van der Waals surface area contributed by atoms with Gasteiger partial charge >= 0.3 is 0 Å². The molecule has 0 unspecified atom stereocenters. The molecule has 2 N–H and O–H groups in total. The summed E-state index contributed by atoms with van der Waals surface area (Å²) in [4.78, 5) is 12.3. The van der Waals surface area contributed by atoms with Gasteiger partial charge in [0.2, 0.25) is 15.2 Å². The van der Waals surface area contributed by atoms with Gasteiger partial charge in [-0.15, -0.1) is 10.2 Å². The van der Waals surface area contributed by atoms with Crippen molar-refractivity contribution in [2.45, 2.75) is 37.1 Å². The first-order valence-electron chi connectivity index (χ1n) is 7.24. The number of nitrogens with zero attached hydrogens (tertiary/aromatic N) is 2. The number of hydrogen-bond acceptors (Lipinski definition) is 6. The van der Waals surface area contributed by atoms with E-state index in [0.29, 0.717) is 10.7 Å². The van der Waals surface area contributed by atoms with E-state index in [1.807, 2.05) is 6.92 Å². The molecule has 1 fully saturated rings. The molecule has 3 rings (SSSR count). The van der Waals surface area contributed by atoms with Crippen LogP contribution in [0.25, 0.3) is 0 Å². The summed E-state index contributed by atoms with van der Waals surface area (Å²) < 4.78 is 26.7. The van der Waals surface area contributed by atoms with Crippen LogP contribution in [0.2, 0.25) is 0 Å². The zero-order valence-electron chi connectivity index (χ0n) is 12.4. The third-order valence-electron chi connectivity index (χ3n) is 3.32. The third kappa shape index (κ3) is 3.92. The van der Waals surface area contributed by atoms with E-state index in [1.165, 1.54) is 35.6 Å². The first kappa shape index (κ1) is 16.0. The molecule has 0 atom stereocenters. The molecule has 2 aromatic rings. The molecule has 0 radical (unpaired) electrons. The Morgan fingerprint density at radius 1 is 1.26 bits per heavy atom. The minimum Gasteiger partial charge on any atom is -0.296 e. The molecule has 1 heterocycles. The van der Waals surface area contributed by atoms with Gasteiger partial charge in [0.15, 0.2) is 0 Å². The van der Waals surface area contributed by atoms with Crippen LogP contribution in [0, 0.1) is 0 Å². The molecule has 0 spiro atoms. The monoisotopic (exact) mass is 352 g/mol. The van der Waals surface area contributed by atoms with E-state index in [2.05, 4.69) is 20.2 Å². The maximum Gasteiger partial charge on any atom is 0.257 e. The van der Waals surface area contributed by atoms with Gasteiger partial charge in [0, 0.05) is 11.6 Å². The van der Waals surface area contributed by atoms with Crippen LogP contribution in [-0.4, -0.2) is 30.6 Å². The summed E-state index contributed by atoms with van der Waals surface area (Å²) in [6.45, 7) is 1.96. The molecule has 0 aliphatic heterocycles. The number of hydrogen-bond donors (Lipinski definition) is 2. The first-order valence-corrected chi connectivity index (χ1v) is 9.54. The zero-order valence-corrected chi connectivity index (χ0v) is 14.1. The van der Waals surface area contributed by atoms with E-state index < -0.39 is 10.0 Å². The standard InChI is InChI=1S/C14H16N4O3S2/c1-2-12-16-17-14(22-12)15-13(19)9-3-7-11(8-4-9)23(20,21)18-10-5-6-10/h3-4,7-8,10,18H,2,5-6H2,1H3,(H,15,17,19). The third-order valence-corrected chi connectivity index (χ3v) is 5.84. The highest BCUT2D eigenvalue weighted by Gasteiger charge is 2.27. The number of amides is 1. The van der Waals surface area contributed by atoms with Crippen LogP contribution in [0.4, 0.5) is 5.13 Å². The van der Waals surface area contributed by atoms with E-state index in [-0.39, 0.29) is 16.8 Å². The lowest BCUT2D eigenvalue weighted by atomic mass is 10.2. The number of carbonyl (C=O) groups is 1. The van der Waals surface area contributed by atoms with Gasteiger partial charge in [-0.2, -0.15) is 0 Å². The lowest BCUT2D eigenvalue weighted by molar-refractivity contribution is 0.102. The van der Waals surface area contributed by atoms with E-state index >= 15 is 0 Å². The molecular formula is C14H16N4O3S2. The van der Waals surface area contributed by atoms with Crippen molar-refractivity contribution in [3.05, 3.63) is 34.8 Å². The van der Waals surface area contributed by atoms with Gasteiger partial charge in [-0.3, -0.25) is 10.1 Å². The normalized spacial score (nSPS) is 14.7. The van der Waals surface area contributed by atoms with Crippen molar-refractivity contribution in [1.82, 2.24) is 14.9 Å². The summed E-state index contributed by atoms with van der Waals surface area (Å²) in [6.07, 6.45) is 2.51. The van der Waals surface area contributed by atoms with Gasteiger partial charge < -0.3 is 0 Å². The van der Waals surface area contributed by atoms with Crippen LogP contribution in [0.3, 0.4) is 0 Å². The van der Waals surface area contributed by atoms with Gasteiger partial charge in [-0.1, -0.05) is 18.3 Å². The Kier molecular flexibility index (Phi) is 4.42. The average Bonchev–Trinajstić information content (AvgIpc) is 3.22. The number of sulfonamides is 1. The molecule has 0 bridgehead atoms. The number of aromatic nitrogens is 2. The fourth-order valence-electron chi connectivity index (χ4n) is 1.89. The Morgan fingerprint density at radius 3 is 2.52 bits per heavy atom. The smallest absolute Gasteiger partial charge is 0.257 e. The topological polar surface area (TPSA) is 101 Å². The molecule has 1 aliphatic rings. The molecule has 7 nitrogen and oxygen atoms in total. The summed E-state index contributed by atoms with van der Waals surface area (Å²) in [7, 11) is -3.50. The largest absolute Gasteiger partial charge is 0.296 e. The molecule has 1 aromatic heterocycles. The van der Waals surface area contributed by atoms with Gasteiger partial charge in [0.05, 0.1) is 4.90 Å². The summed E-state index contributed by atoms with van der Waals surface area (Å²) in [5, 5.41) is 11.7. The number of rotatable bonds is 6. The second-order valence-corrected chi connectivity index (χ2v) is 8.00. The summed E-state index contributed by atoms with van der Waals surface area (Å²) >= 11 is 1.32. The quantitative estimate of drug-likeness (QED) is 0.825. The molecule has 1 saturated carbocycles. The average molecular weight is 352 g/mol. The van der Waals surface area contributed by atoms with Crippen molar-refractivity contribution < 1.29 is 13.2 Å². The van der Waals surface area contributed by atoms with Crippen LogP contribution in [-0.2, 0) is 16.4 Å². The van der Waals surface area contributed by atoms with Crippen molar-refractivity contribution in [2.75, 3.05) is 5.32 Å². The molecule has 1 aliphatic carbocycles. The number of benzene rings is 1. The summed E-state index contributed by atoms with van der Waals surface area (Å²) in [6, 6.07) is 5.87. The Morgan fingerprint density at radius 2 is 1.96 bits per heavy atom. The fourth-order valence-corrected chi connectivity index (χ4v) is 3.87. The Hall–Kier alpha value is -1.84. The number of anilines is 1. The van der Waals surface area contributed by atoms with Crippen LogP contribution in [0.1, 0.15) is 35.1 Å².